The van der Waals surface area contributed by atoms with Crippen molar-refractivity contribution in [2.45, 2.75) is 38.1 Å². The van der Waals surface area contributed by atoms with Gasteiger partial charge < -0.3 is 15.5 Å². The second-order valence-corrected chi connectivity index (χ2v) is 7.60. The Hall–Kier alpha value is -2.34. The van der Waals surface area contributed by atoms with Crippen LogP contribution in [-0.2, 0) is 0 Å². The van der Waals surface area contributed by atoms with Crippen molar-refractivity contribution in [1.29, 1.82) is 0 Å². The average molecular weight is 355 g/mol. The Morgan fingerprint density at radius 3 is 2.85 bits per heavy atom. The standard InChI is InChI=1S/C20H29N5O/c1-16-8-6-11-20(14-16,24(2)3)15-21-19(26)23-17-9-4-5-10-18(17)25-13-7-12-22-25/h4-5,7,9-10,12-13,16H,6,8,11,14-15H2,1-3H3,(H2,21,23,26)/t16-,20-/m1/s1. The maximum absolute atomic E-state index is 12.6. The number of hydrogen-bond donors (Lipinski definition) is 2. The van der Waals surface area contributed by atoms with Crippen LogP contribution >= 0.6 is 0 Å². The van der Waals surface area contributed by atoms with Crippen LogP contribution in [0.4, 0.5) is 10.5 Å². The summed E-state index contributed by atoms with van der Waals surface area (Å²) in [4.78, 5) is 14.8. The monoisotopic (exact) mass is 355 g/mol. The zero-order valence-corrected chi connectivity index (χ0v) is 15.9. The number of nitrogens with zero attached hydrogens (tertiary/aromatic N) is 3. The first-order valence-corrected chi connectivity index (χ1v) is 9.31. The van der Waals surface area contributed by atoms with E-state index in [4.69, 9.17) is 0 Å². The van der Waals surface area contributed by atoms with Crippen molar-refractivity contribution < 1.29 is 4.79 Å². The molecule has 0 saturated heterocycles. The van der Waals surface area contributed by atoms with E-state index in [-0.39, 0.29) is 11.6 Å². The molecule has 0 radical (unpaired) electrons. The normalized spacial score (nSPS) is 23.0. The zero-order valence-electron chi connectivity index (χ0n) is 15.9. The Morgan fingerprint density at radius 2 is 2.15 bits per heavy atom. The molecule has 1 aromatic heterocycles. The quantitative estimate of drug-likeness (QED) is 0.863. The predicted octanol–water partition coefficient (Wildman–Crippen LogP) is 3.50. The van der Waals surface area contributed by atoms with Gasteiger partial charge in [0.2, 0.25) is 0 Å². The van der Waals surface area contributed by atoms with Crippen LogP contribution in [-0.4, -0.2) is 46.9 Å². The van der Waals surface area contributed by atoms with Crippen LogP contribution in [0.5, 0.6) is 0 Å². The minimum Gasteiger partial charge on any atom is -0.336 e. The topological polar surface area (TPSA) is 62.2 Å². The molecule has 0 spiro atoms. The highest BCUT2D eigenvalue weighted by Crippen LogP contribution is 2.35. The number of para-hydroxylation sites is 2. The van der Waals surface area contributed by atoms with E-state index in [1.165, 1.54) is 12.8 Å². The first kappa shape index (κ1) is 18.5. The smallest absolute Gasteiger partial charge is 0.319 e. The van der Waals surface area contributed by atoms with Crippen molar-refractivity contribution in [2.75, 3.05) is 26.0 Å². The molecule has 26 heavy (non-hydrogen) atoms. The van der Waals surface area contributed by atoms with Gasteiger partial charge in [-0.05, 0) is 51.1 Å². The van der Waals surface area contributed by atoms with Gasteiger partial charge in [0.25, 0.3) is 0 Å². The second-order valence-electron chi connectivity index (χ2n) is 7.60. The average Bonchev–Trinajstić information content (AvgIpc) is 3.15. The Morgan fingerprint density at radius 1 is 1.35 bits per heavy atom. The molecule has 0 aliphatic heterocycles. The Balaban J connectivity index is 1.66. The fraction of sp³-hybridized carbons (Fsp3) is 0.500. The summed E-state index contributed by atoms with van der Waals surface area (Å²) in [6.45, 7) is 2.96. The fourth-order valence-electron chi connectivity index (χ4n) is 3.96. The maximum Gasteiger partial charge on any atom is 0.319 e. The van der Waals surface area contributed by atoms with Crippen molar-refractivity contribution in [1.82, 2.24) is 20.0 Å². The molecule has 6 nitrogen and oxygen atoms in total. The van der Waals surface area contributed by atoms with Crippen LogP contribution in [0.25, 0.3) is 5.69 Å². The molecule has 6 heteroatoms. The van der Waals surface area contributed by atoms with Crippen LogP contribution in [0, 0.1) is 5.92 Å². The number of hydrogen-bond acceptors (Lipinski definition) is 3. The van der Waals surface area contributed by atoms with Gasteiger partial charge >= 0.3 is 6.03 Å². The van der Waals surface area contributed by atoms with Crippen LogP contribution in [0.1, 0.15) is 32.6 Å². The van der Waals surface area contributed by atoms with Gasteiger partial charge in [0.1, 0.15) is 0 Å². The number of rotatable bonds is 5. The van der Waals surface area contributed by atoms with Gasteiger partial charge in [0.05, 0.1) is 11.4 Å². The SMILES string of the molecule is C[C@@H]1CCC[C@@](CNC(=O)Nc2ccccc2-n2cccn2)(N(C)C)C1. The van der Waals surface area contributed by atoms with Crippen molar-refractivity contribution in [2.24, 2.45) is 5.92 Å². The van der Waals surface area contributed by atoms with Gasteiger partial charge in [0.15, 0.2) is 0 Å². The Kier molecular flexibility index (Phi) is 5.61. The summed E-state index contributed by atoms with van der Waals surface area (Å²) in [6, 6.07) is 9.36. The number of anilines is 1. The van der Waals surface area contributed by atoms with Crippen LogP contribution in [0.2, 0.25) is 0 Å². The molecule has 0 bridgehead atoms. The molecule has 1 aliphatic rings. The van der Waals surface area contributed by atoms with Crippen molar-refractivity contribution in [3.05, 3.63) is 42.7 Å². The molecular formula is C20H29N5O. The fourth-order valence-corrected chi connectivity index (χ4v) is 3.96. The van der Waals surface area contributed by atoms with E-state index in [9.17, 15) is 4.79 Å². The lowest BCUT2D eigenvalue weighted by molar-refractivity contribution is 0.0779. The van der Waals surface area contributed by atoms with Gasteiger partial charge in [-0.2, -0.15) is 5.10 Å². The molecular weight excluding hydrogens is 326 g/mol. The highest BCUT2D eigenvalue weighted by Gasteiger charge is 2.37. The van der Waals surface area contributed by atoms with Gasteiger partial charge in [-0.25, -0.2) is 9.48 Å². The Labute approximate surface area is 155 Å². The summed E-state index contributed by atoms with van der Waals surface area (Å²) < 4.78 is 1.75. The lowest BCUT2D eigenvalue weighted by Crippen LogP contribution is -2.55. The molecule has 1 fully saturated rings. The molecule has 2 N–H and O–H groups in total. The molecule has 140 valence electrons. The lowest BCUT2D eigenvalue weighted by atomic mass is 9.75. The number of likely N-dealkylation sites (N-methyl/N-ethyl adjacent to an activating group) is 1. The highest BCUT2D eigenvalue weighted by atomic mass is 16.2. The van der Waals surface area contributed by atoms with Crippen LogP contribution < -0.4 is 10.6 Å². The van der Waals surface area contributed by atoms with Gasteiger partial charge in [-0.1, -0.05) is 31.9 Å². The van der Waals surface area contributed by atoms with E-state index in [1.807, 2.05) is 36.5 Å². The molecule has 1 saturated carbocycles. The highest BCUT2D eigenvalue weighted by molar-refractivity contribution is 5.91. The van der Waals surface area contributed by atoms with E-state index in [1.54, 1.807) is 10.9 Å². The molecule has 0 unspecified atom stereocenters. The summed E-state index contributed by atoms with van der Waals surface area (Å²) in [5.74, 6) is 0.691. The molecule has 1 aliphatic carbocycles. The van der Waals surface area contributed by atoms with E-state index in [2.05, 4.69) is 41.7 Å². The van der Waals surface area contributed by atoms with Crippen molar-refractivity contribution in [3.8, 4) is 5.69 Å². The third-order valence-electron chi connectivity index (χ3n) is 5.50. The van der Waals surface area contributed by atoms with E-state index < -0.39 is 0 Å². The van der Waals surface area contributed by atoms with E-state index in [0.29, 0.717) is 12.5 Å². The van der Waals surface area contributed by atoms with Gasteiger partial charge in [0, 0.05) is 24.5 Å². The summed E-state index contributed by atoms with van der Waals surface area (Å²) in [5, 5.41) is 10.3. The third-order valence-corrected chi connectivity index (χ3v) is 5.50. The molecule has 2 amide bonds. The van der Waals surface area contributed by atoms with E-state index >= 15 is 0 Å². The molecule has 2 aromatic rings. The number of carbonyl (C=O) groups excluding carboxylic acids is 1. The summed E-state index contributed by atoms with van der Waals surface area (Å²) in [5.41, 5.74) is 1.63. The minimum atomic E-state index is -0.177. The zero-order chi connectivity index (χ0) is 18.6. The molecule has 2 atom stereocenters. The number of benzene rings is 1. The van der Waals surface area contributed by atoms with Crippen molar-refractivity contribution in [3.63, 3.8) is 0 Å². The predicted molar refractivity (Wildman–Crippen MR) is 105 cm³/mol. The minimum absolute atomic E-state index is 0.0382. The largest absolute Gasteiger partial charge is 0.336 e. The number of nitrogens with one attached hydrogen (secondary N) is 2. The van der Waals surface area contributed by atoms with E-state index in [0.717, 1.165) is 24.2 Å². The maximum atomic E-state index is 12.6. The summed E-state index contributed by atoms with van der Waals surface area (Å²) >= 11 is 0. The summed E-state index contributed by atoms with van der Waals surface area (Å²) in [7, 11) is 4.23. The van der Waals surface area contributed by atoms with Gasteiger partial charge in [-0.3, -0.25) is 0 Å². The summed E-state index contributed by atoms with van der Waals surface area (Å²) in [6.07, 6.45) is 8.31. The second kappa shape index (κ2) is 7.91. The lowest BCUT2D eigenvalue weighted by Gasteiger charge is -2.45. The van der Waals surface area contributed by atoms with Crippen LogP contribution in [0.3, 0.4) is 0 Å². The number of amides is 2. The first-order chi connectivity index (χ1) is 12.5. The van der Waals surface area contributed by atoms with Crippen LogP contribution in [0.15, 0.2) is 42.7 Å². The number of urea groups is 1. The third kappa shape index (κ3) is 4.07. The van der Waals surface area contributed by atoms with Crippen molar-refractivity contribution >= 4 is 11.7 Å². The molecule has 1 aromatic carbocycles. The number of aromatic nitrogens is 2. The molecule has 1 heterocycles. The molecule has 3 rings (SSSR count). The van der Waals surface area contributed by atoms with Gasteiger partial charge in [-0.15, -0.1) is 0 Å². The number of carbonyl (C=O) groups is 1. The Bertz CT molecular complexity index is 728. The first-order valence-electron chi connectivity index (χ1n) is 9.31.